The van der Waals surface area contributed by atoms with Crippen LogP contribution in [0.4, 0.5) is 5.69 Å². The highest BCUT2D eigenvalue weighted by molar-refractivity contribution is 7.89. The van der Waals surface area contributed by atoms with E-state index in [-0.39, 0.29) is 29.4 Å². The zero-order chi connectivity index (χ0) is 16.3. The molecule has 0 atom stereocenters. The summed E-state index contributed by atoms with van der Waals surface area (Å²) in [5.74, 6) is -0.136. The van der Waals surface area contributed by atoms with Gasteiger partial charge in [-0.3, -0.25) is 0 Å². The Morgan fingerprint density at radius 1 is 1.24 bits per heavy atom. The third-order valence-corrected chi connectivity index (χ3v) is 5.08. The molecule has 0 unspecified atom stereocenters. The van der Waals surface area contributed by atoms with Crippen LogP contribution in [0.15, 0.2) is 17.0 Å². The Hall–Kier alpha value is -1.36. The minimum Gasteiger partial charge on any atom is -0.495 e. The van der Waals surface area contributed by atoms with Crippen molar-refractivity contribution in [1.82, 2.24) is 4.72 Å². The molecule has 0 aliphatic carbocycles. The quantitative estimate of drug-likeness (QED) is 0.454. The molecular weight excluding hydrogens is 318 g/mol. The Balaban J connectivity index is 2.90. The predicted octanol–water partition coefficient (Wildman–Crippen LogP) is -0.457. The van der Waals surface area contributed by atoms with Crippen molar-refractivity contribution in [3.05, 3.63) is 17.7 Å². The number of nitrogens with one attached hydrogen (secondary N) is 1. The van der Waals surface area contributed by atoms with Crippen molar-refractivity contribution >= 4 is 25.7 Å². The van der Waals surface area contributed by atoms with Crippen molar-refractivity contribution in [2.24, 2.45) is 5.14 Å². The maximum atomic E-state index is 12.2. The van der Waals surface area contributed by atoms with Crippen molar-refractivity contribution < 1.29 is 21.6 Å². The van der Waals surface area contributed by atoms with Crippen LogP contribution in [0, 0.1) is 6.92 Å². The standard InChI is InChI=1S/C11H19N3O5S2/c1-8-6-10(19-2)11(7-9(8)12)21(17,18)14-4-3-5-20(13,15)16/h6-7,14H,3-5,12H2,1-2H3,(H2,13,15,16). The first-order valence-electron chi connectivity index (χ1n) is 6.01. The fourth-order valence-electron chi connectivity index (χ4n) is 1.60. The van der Waals surface area contributed by atoms with Gasteiger partial charge in [0, 0.05) is 12.2 Å². The molecule has 0 heterocycles. The monoisotopic (exact) mass is 337 g/mol. The van der Waals surface area contributed by atoms with Gasteiger partial charge >= 0.3 is 0 Å². The van der Waals surface area contributed by atoms with E-state index in [1.165, 1.54) is 19.2 Å². The van der Waals surface area contributed by atoms with Gasteiger partial charge in [-0.2, -0.15) is 0 Å². The molecule has 0 aliphatic rings. The van der Waals surface area contributed by atoms with Crippen LogP contribution in [-0.4, -0.2) is 36.2 Å². The van der Waals surface area contributed by atoms with E-state index in [0.717, 1.165) is 0 Å². The minimum absolute atomic E-state index is 0.0598. The van der Waals surface area contributed by atoms with E-state index >= 15 is 0 Å². The molecule has 8 nitrogen and oxygen atoms in total. The third kappa shape index (κ3) is 5.16. The summed E-state index contributed by atoms with van der Waals surface area (Å²) in [4.78, 5) is -0.0938. The zero-order valence-corrected chi connectivity index (χ0v) is 13.4. The van der Waals surface area contributed by atoms with Gasteiger partial charge in [0.1, 0.15) is 10.6 Å². The second-order valence-electron chi connectivity index (χ2n) is 4.48. The average molecular weight is 337 g/mol. The highest BCUT2D eigenvalue weighted by Crippen LogP contribution is 2.28. The summed E-state index contributed by atoms with van der Waals surface area (Å²) in [6.07, 6.45) is 0.0712. The van der Waals surface area contributed by atoms with E-state index < -0.39 is 20.0 Å². The van der Waals surface area contributed by atoms with Crippen LogP contribution < -0.4 is 20.3 Å². The number of anilines is 1. The molecule has 0 saturated carbocycles. The normalized spacial score (nSPS) is 12.3. The molecule has 1 aromatic rings. The van der Waals surface area contributed by atoms with Crippen molar-refractivity contribution in [2.75, 3.05) is 25.1 Å². The lowest BCUT2D eigenvalue weighted by molar-refractivity contribution is 0.402. The highest BCUT2D eigenvalue weighted by atomic mass is 32.2. The Labute approximate surface area is 124 Å². The highest BCUT2D eigenvalue weighted by Gasteiger charge is 2.20. The van der Waals surface area contributed by atoms with E-state index in [1.807, 2.05) is 0 Å². The van der Waals surface area contributed by atoms with E-state index in [0.29, 0.717) is 11.3 Å². The van der Waals surface area contributed by atoms with E-state index in [9.17, 15) is 16.8 Å². The van der Waals surface area contributed by atoms with Gasteiger partial charge in [0.05, 0.1) is 12.9 Å². The number of hydrogen-bond donors (Lipinski definition) is 3. The molecule has 1 rings (SSSR count). The smallest absolute Gasteiger partial charge is 0.244 e. The minimum atomic E-state index is -3.85. The molecule has 0 fully saturated rings. The number of benzene rings is 1. The Morgan fingerprint density at radius 3 is 2.38 bits per heavy atom. The number of sulfonamides is 2. The molecule has 10 heteroatoms. The van der Waals surface area contributed by atoms with Gasteiger partial charge in [-0.15, -0.1) is 0 Å². The van der Waals surface area contributed by atoms with Gasteiger partial charge in [0.2, 0.25) is 20.0 Å². The molecule has 0 aromatic heterocycles. The molecule has 0 bridgehead atoms. The zero-order valence-electron chi connectivity index (χ0n) is 11.8. The molecule has 1 aromatic carbocycles. The lowest BCUT2D eigenvalue weighted by atomic mass is 10.2. The van der Waals surface area contributed by atoms with Crippen molar-refractivity contribution in [3.8, 4) is 5.75 Å². The second kappa shape index (κ2) is 6.60. The van der Waals surface area contributed by atoms with Crippen LogP contribution in [0.25, 0.3) is 0 Å². The van der Waals surface area contributed by atoms with Crippen LogP contribution in [0.2, 0.25) is 0 Å². The summed E-state index contributed by atoms with van der Waals surface area (Å²) in [6, 6.07) is 2.82. The Morgan fingerprint density at radius 2 is 1.86 bits per heavy atom. The van der Waals surface area contributed by atoms with Crippen LogP contribution >= 0.6 is 0 Å². The maximum Gasteiger partial charge on any atom is 0.244 e. The molecule has 5 N–H and O–H groups in total. The maximum absolute atomic E-state index is 12.2. The number of hydrogen-bond acceptors (Lipinski definition) is 6. The van der Waals surface area contributed by atoms with Crippen molar-refractivity contribution in [3.63, 3.8) is 0 Å². The fraction of sp³-hybridized carbons (Fsp3) is 0.455. The number of primary sulfonamides is 1. The number of nitrogens with two attached hydrogens (primary N) is 2. The SMILES string of the molecule is COc1cc(C)c(N)cc1S(=O)(=O)NCCCS(N)(=O)=O. The average Bonchev–Trinajstić information content (AvgIpc) is 2.36. The van der Waals surface area contributed by atoms with Crippen molar-refractivity contribution in [1.29, 1.82) is 0 Å². The molecule has 0 saturated heterocycles. The lowest BCUT2D eigenvalue weighted by Gasteiger charge is -2.13. The first-order chi connectivity index (χ1) is 9.57. The van der Waals surface area contributed by atoms with Gasteiger partial charge in [-0.1, -0.05) is 0 Å². The van der Waals surface area contributed by atoms with Crippen LogP contribution in [0.1, 0.15) is 12.0 Å². The van der Waals surface area contributed by atoms with Crippen LogP contribution in [0.5, 0.6) is 5.75 Å². The summed E-state index contributed by atoms with van der Waals surface area (Å²) >= 11 is 0. The molecular formula is C11H19N3O5S2. The van der Waals surface area contributed by atoms with Crippen LogP contribution in [0.3, 0.4) is 0 Å². The van der Waals surface area contributed by atoms with Gasteiger partial charge in [-0.05, 0) is 31.0 Å². The summed E-state index contributed by atoms with van der Waals surface area (Å²) in [5.41, 5.74) is 6.72. The summed E-state index contributed by atoms with van der Waals surface area (Å²) < 4.78 is 53.2. The van der Waals surface area contributed by atoms with Gasteiger partial charge in [0.25, 0.3) is 0 Å². The van der Waals surface area contributed by atoms with Gasteiger partial charge in [0.15, 0.2) is 0 Å². The summed E-state index contributed by atoms with van der Waals surface area (Å²) in [7, 11) is -6.11. The number of nitrogen functional groups attached to an aromatic ring is 1. The number of aryl methyl sites for hydroxylation is 1. The topological polar surface area (TPSA) is 142 Å². The molecule has 21 heavy (non-hydrogen) atoms. The van der Waals surface area contributed by atoms with Gasteiger partial charge in [-0.25, -0.2) is 26.7 Å². The van der Waals surface area contributed by atoms with E-state index in [2.05, 4.69) is 4.72 Å². The predicted molar refractivity (Wildman–Crippen MR) is 79.9 cm³/mol. The number of rotatable bonds is 7. The van der Waals surface area contributed by atoms with Crippen molar-refractivity contribution in [2.45, 2.75) is 18.2 Å². The number of ether oxygens (including phenoxy) is 1. The first kappa shape index (κ1) is 17.7. The van der Waals surface area contributed by atoms with E-state index in [4.69, 9.17) is 15.6 Å². The Bertz CT molecular complexity index is 714. The van der Waals surface area contributed by atoms with Crippen LogP contribution in [-0.2, 0) is 20.0 Å². The van der Waals surface area contributed by atoms with E-state index in [1.54, 1.807) is 6.92 Å². The number of methoxy groups -OCH3 is 1. The summed E-state index contributed by atoms with van der Waals surface area (Å²) in [6.45, 7) is 1.67. The molecule has 0 aliphatic heterocycles. The van der Waals surface area contributed by atoms with Gasteiger partial charge < -0.3 is 10.5 Å². The lowest BCUT2D eigenvalue weighted by Crippen LogP contribution is -2.28. The second-order valence-corrected chi connectivity index (χ2v) is 7.95. The fourth-order valence-corrected chi connectivity index (χ4v) is 3.41. The largest absolute Gasteiger partial charge is 0.495 e. The summed E-state index contributed by atoms with van der Waals surface area (Å²) in [5, 5.41) is 4.84. The molecule has 0 amide bonds. The molecule has 120 valence electrons. The Kier molecular flexibility index (Phi) is 5.56. The molecule has 0 spiro atoms. The third-order valence-electron chi connectivity index (χ3n) is 2.74. The molecule has 0 radical (unpaired) electrons. The first-order valence-corrected chi connectivity index (χ1v) is 9.21.